The third-order valence-corrected chi connectivity index (χ3v) is 4.37. The lowest BCUT2D eigenvalue weighted by molar-refractivity contribution is 0.0524. The highest BCUT2D eigenvalue weighted by Gasteiger charge is 2.23. The molecule has 0 spiro atoms. The van der Waals surface area contributed by atoms with E-state index in [0.717, 1.165) is 12.7 Å². The molecule has 1 rings (SSSR count). The van der Waals surface area contributed by atoms with Crippen molar-refractivity contribution in [3.05, 3.63) is 23.3 Å². The van der Waals surface area contributed by atoms with Gasteiger partial charge in [-0.25, -0.2) is 23.2 Å². The number of nitrogens with zero attached hydrogens (tertiary/aromatic N) is 2. The van der Waals surface area contributed by atoms with Crippen LogP contribution in [0.3, 0.4) is 0 Å². The first-order valence-corrected chi connectivity index (χ1v) is 8.48. The number of ether oxygens (including phenoxy) is 1. The van der Waals surface area contributed by atoms with Crippen molar-refractivity contribution in [3.8, 4) is 0 Å². The van der Waals surface area contributed by atoms with Gasteiger partial charge in [-0.3, -0.25) is 0 Å². The smallest absolute Gasteiger partial charge is 0.341 e. The zero-order valence-corrected chi connectivity index (χ0v) is 13.0. The van der Waals surface area contributed by atoms with Crippen LogP contribution in [-0.2, 0) is 21.0 Å². The van der Waals surface area contributed by atoms with Crippen molar-refractivity contribution < 1.29 is 17.9 Å². The van der Waals surface area contributed by atoms with Crippen LogP contribution in [0.1, 0.15) is 54.3 Å². The molecule has 0 saturated carbocycles. The first-order chi connectivity index (χ1) is 9.31. The van der Waals surface area contributed by atoms with Gasteiger partial charge in [0.2, 0.25) is 0 Å². The molecular weight excluding hydrogens is 280 g/mol. The number of aromatic nitrogens is 2. The predicted octanol–water partition coefficient (Wildman–Crippen LogP) is 1.71. The molecule has 20 heavy (non-hydrogen) atoms. The summed E-state index contributed by atoms with van der Waals surface area (Å²) in [4.78, 5) is 20.0. The zero-order chi connectivity index (χ0) is 15.3. The number of hydrogen-bond donors (Lipinski definition) is 0. The molecule has 6 nitrogen and oxygen atoms in total. The second-order valence-corrected chi connectivity index (χ2v) is 6.90. The third kappa shape index (κ3) is 4.00. The highest BCUT2D eigenvalue weighted by molar-refractivity contribution is 7.90. The number of hydrogen-bond acceptors (Lipinski definition) is 6. The highest BCUT2D eigenvalue weighted by atomic mass is 32.2. The maximum atomic E-state index is 11.8. The van der Waals surface area contributed by atoms with E-state index in [9.17, 15) is 13.2 Å². The van der Waals surface area contributed by atoms with Crippen LogP contribution in [0.4, 0.5) is 0 Å². The minimum absolute atomic E-state index is 0.212. The Bertz CT molecular complexity index is 584. The summed E-state index contributed by atoms with van der Waals surface area (Å²) >= 11 is 0. The molecule has 0 aliphatic rings. The molecule has 0 N–H and O–H groups in total. The van der Waals surface area contributed by atoms with E-state index in [-0.39, 0.29) is 12.4 Å². The minimum atomic E-state index is -3.27. The topological polar surface area (TPSA) is 86.2 Å². The molecule has 0 radical (unpaired) electrons. The number of aryl methyl sites for hydroxylation is 1. The molecule has 1 unspecified atom stereocenters. The molecule has 0 saturated heterocycles. The molecule has 0 aliphatic heterocycles. The predicted molar refractivity (Wildman–Crippen MR) is 75.2 cm³/mol. The maximum Gasteiger partial charge on any atom is 0.341 e. The van der Waals surface area contributed by atoms with E-state index in [1.165, 1.54) is 13.1 Å². The molecule has 1 heterocycles. The summed E-state index contributed by atoms with van der Waals surface area (Å²) in [6.45, 7) is 5.48. The van der Waals surface area contributed by atoms with E-state index in [4.69, 9.17) is 4.74 Å². The maximum absolute atomic E-state index is 11.8. The monoisotopic (exact) mass is 300 g/mol. The molecule has 0 bridgehead atoms. The lowest BCUT2D eigenvalue weighted by Gasteiger charge is -2.12. The highest BCUT2D eigenvalue weighted by Crippen LogP contribution is 2.19. The van der Waals surface area contributed by atoms with Gasteiger partial charge in [0.15, 0.2) is 9.84 Å². The Morgan fingerprint density at radius 2 is 2.05 bits per heavy atom. The molecule has 1 aromatic rings. The van der Waals surface area contributed by atoms with E-state index >= 15 is 0 Å². The van der Waals surface area contributed by atoms with Crippen molar-refractivity contribution in [2.75, 3.05) is 12.9 Å². The molecule has 0 amide bonds. The normalized spacial score (nSPS) is 13.0. The standard InChI is InChI=1S/C13H20N2O4S/c1-5-7-11-10(13(16)19-6-2)8-14-12(15-11)9(3)20(4,17)18/h8-9H,5-7H2,1-4H3. The van der Waals surface area contributed by atoms with Crippen molar-refractivity contribution in [2.45, 2.75) is 38.9 Å². The number of sulfone groups is 1. The Morgan fingerprint density at radius 3 is 2.55 bits per heavy atom. The summed E-state index contributed by atoms with van der Waals surface area (Å²) < 4.78 is 28.0. The molecule has 1 aromatic heterocycles. The fraction of sp³-hybridized carbons (Fsp3) is 0.615. The van der Waals surface area contributed by atoms with E-state index < -0.39 is 21.1 Å². The summed E-state index contributed by atoms with van der Waals surface area (Å²) in [6, 6.07) is 0. The number of carbonyl (C=O) groups excluding carboxylic acids is 1. The second-order valence-electron chi connectivity index (χ2n) is 4.53. The van der Waals surface area contributed by atoms with Crippen LogP contribution < -0.4 is 0 Å². The lowest BCUT2D eigenvalue weighted by Crippen LogP contribution is -2.16. The summed E-state index contributed by atoms with van der Waals surface area (Å²) in [5.41, 5.74) is 0.838. The summed E-state index contributed by atoms with van der Waals surface area (Å²) in [6.07, 6.45) is 3.85. The average Bonchev–Trinajstić information content (AvgIpc) is 2.37. The Balaban J connectivity index is 3.22. The first-order valence-electron chi connectivity index (χ1n) is 6.53. The van der Waals surface area contributed by atoms with Crippen molar-refractivity contribution in [1.29, 1.82) is 0 Å². The van der Waals surface area contributed by atoms with Gasteiger partial charge in [0.05, 0.1) is 17.9 Å². The van der Waals surface area contributed by atoms with Crippen LogP contribution in [0.15, 0.2) is 6.20 Å². The Morgan fingerprint density at radius 1 is 1.40 bits per heavy atom. The molecule has 7 heteroatoms. The van der Waals surface area contributed by atoms with Gasteiger partial charge in [-0.05, 0) is 20.3 Å². The van der Waals surface area contributed by atoms with Crippen molar-refractivity contribution in [3.63, 3.8) is 0 Å². The number of esters is 1. The Labute approximate surface area is 119 Å². The van der Waals surface area contributed by atoms with Crippen LogP contribution in [0.2, 0.25) is 0 Å². The van der Waals surface area contributed by atoms with Crippen LogP contribution in [-0.4, -0.2) is 37.2 Å². The van der Waals surface area contributed by atoms with Gasteiger partial charge < -0.3 is 4.74 Å². The van der Waals surface area contributed by atoms with Gasteiger partial charge in [-0.1, -0.05) is 13.3 Å². The van der Waals surface area contributed by atoms with Crippen LogP contribution in [0.25, 0.3) is 0 Å². The van der Waals surface area contributed by atoms with Gasteiger partial charge in [-0.2, -0.15) is 0 Å². The molecule has 0 aromatic carbocycles. The summed E-state index contributed by atoms with van der Waals surface area (Å²) in [5.74, 6) is -0.265. The average molecular weight is 300 g/mol. The van der Waals surface area contributed by atoms with Gasteiger partial charge in [0, 0.05) is 12.5 Å². The van der Waals surface area contributed by atoms with Crippen LogP contribution in [0, 0.1) is 0 Å². The zero-order valence-electron chi connectivity index (χ0n) is 12.2. The Kier molecular flexibility index (Phi) is 5.62. The SMILES string of the molecule is CCCc1nc(C(C)S(C)(=O)=O)ncc1C(=O)OCC. The van der Waals surface area contributed by atoms with Gasteiger partial charge >= 0.3 is 5.97 Å². The number of rotatable bonds is 6. The fourth-order valence-electron chi connectivity index (χ4n) is 1.63. The number of carbonyl (C=O) groups is 1. The van der Waals surface area contributed by atoms with E-state index in [2.05, 4.69) is 9.97 Å². The van der Waals surface area contributed by atoms with Gasteiger partial charge in [0.25, 0.3) is 0 Å². The molecule has 112 valence electrons. The van der Waals surface area contributed by atoms with Gasteiger partial charge in [-0.15, -0.1) is 0 Å². The van der Waals surface area contributed by atoms with Crippen molar-refractivity contribution in [1.82, 2.24) is 9.97 Å². The van der Waals surface area contributed by atoms with Crippen LogP contribution >= 0.6 is 0 Å². The third-order valence-electron chi connectivity index (χ3n) is 2.87. The molecule has 1 atom stereocenters. The first kappa shape index (κ1) is 16.6. The summed E-state index contributed by atoms with van der Waals surface area (Å²) in [7, 11) is -3.27. The van der Waals surface area contributed by atoms with Crippen molar-refractivity contribution in [2.24, 2.45) is 0 Å². The largest absolute Gasteiger partial charge is 0.462 e. The molecular formula is C13H20N2O4S. The van der Waals surface area contributed by atoms with E-state index in [1.54, 1.807) is 6.92 Å². The van der Waals surface area contributed by atoms with E-state index in [0.29, 0.717) is 17.7 Å². The molecule has 0 fully saturated rings. The van der Waals surface area contributed by atoms with Crippen molar-refractivity contribution >= 4 is 15.8 Å². The summed E-state index contributed by atoms with van der Waals surface area (Å²) in [5, 5.41) is -0.797. The second kappa shape index (κ2) is 6.78. The Hall–Kier alpha value is -1.50. The van der Waals surface area contributed by atoms with Gasteiger partial charge in [0.1, 0.15) is 11.1 Å². The van der Waals surface area contributed by atoms with Crippen LogP contribution in [0.5, 0.6) is 0 Å². The quantitative estimate of drug-likeness (QED) is 0.743. The lowest BCUT2D eigenvalue weighted by atomic mass is 10.1. The molecule has 0 aliphatic carbocycles. The fourth-order valence-corrected chi connectivity index (χ4v) is 2.12. The van der Waals surface area contributed by atoms with E-state index in [1.807, 2.05) is 6.92 Å². The minimum Gasteiger partial charge on any atom is -0.462 e.